The number of carbonyl (C=O) groups is 1. The maximum Gasteiger partial charge on any atom is 0.244 e. The van der Waals surface area contributed by atoms with Gasteiger partial charge in [0.2, 0.25) is 5.91 Å². The third-order valence-corrected chi connectivity index (χ3v) is 4.67. The Morgan fingerprint density at radius 2 is 1.89 bits per heavy atom. The maximum absolute atomic E-state index is 12.1. The summed E-state index contributed by atoms with van der Waals surface area (Å²) < 4.78 is 12.3. The minimum atomic E-state index is -0.149. The van der Waals surface area contributed by atoms with Crippen LogP contribution in [-0.4, -0.2) is 25.3 Å². The molecule has 2 aromatic rings. The van der Waals surface area contributed by atoms with Crippen molar-refractivity contribution < 1.29 is 14.3 Å². The Balaban J connectivity index is 2.05. The molecule has 0 aromatic heterocycles. The van der Waals surface area contributed by atoms with Crippen molar-refractivity contribution in [1.82, 2.24) is 5.43 Å². The van der Waals surface area contributed by atoms with E-state index in [1.165, 1.54) is 5.56 Å². The number of benzene rings is 2. The number of hydrogen-bond acceptors (Lipinski definition) is 4. The van der Waals surface area contributed by atoms with Gasteiger partial charge in [0, 0.05) is 0 Å². The van der Waals surface area contributed by atoms with Gasteiger partial charge in [0.25, 0.3) is 0 Å². The van der Waals surface area contributed by atoms with E-state index in [-0.39, 0.29) is 5.91 Å². The summed E-state index contributed by atoms with van der Waals surface area (Å²) >= 11 is 2.21. The maximum atomic E-state index is 12.1. The summed E-state index contributed by atoms with van der Waals surface area (Å²) in [6, 6.07) is 9.86. The summed E-state index contributed by atoms with van der Waals surface area (Å²) in [6.45, 7) is 9.02. The fourth-order valence-corrected chi connectivity index (χ4v) is 3.43. The zero-order chi connectivity index (χ0) is 19.8. The van der Waals surface area contributed by atoms with Crippen LogP contribution in [-0.2, 0) is 11.2 Å². The summed E-state index contributed by atoms with van der Waals surface area (Å²) in [5, 5.41) is 4.08. The van der Waals surface area contributed by atoms with Gasteiger partial charge in [0.1, 0.15) is 0 Å². The predicted octanol–water partition coefficient (Wildman–Crippen LogP) is 4.40. The number of amides is 1. The molecule has 1 amide bonds. The molecule has 2 aromatic carbocycles. The van der Waals surface area contributed by atoms with Crippen molar-refractivity contribution in [3.05, 3.63) is 56.2 Å². The lowest BCUT2D eigenvalue weighted by molar-refractivity contribution is -0.120. The number of aryl methyl sites for hydroxylation is 2. The quantitative estimate of drug-likeness (QED) is 0.346. The van der Waals surface area contributed by atoms with E-state index in [1.54, 1.807) is 6.21 Å². The van der Waals surface area contributed by atoms with Gasteiger partial charge >= 0.3 is 0 Å². The lowest BCUT2D eigenvalue weighted by atomic mass is 10.0. The molecule has 0 aliphatic rings. The van der Waals surface area contributed by atoms with Crippen LogP contribution in [0.5, 0.6) is 11.5 Å². The van der Waals surface area contributed by atoms with Gasteiger partial charge in [-0.15, -0.1) is 0 Å². The van der Waals surface area contributed by atoms with Gasteiger partial charge in [-0.3, -0.25) is 4.79 Å². The molecular formula is C21H25IN2O3. The first-order chi connectivity index (χ1) is 12.9. The highest BCUT2D eigenvalue weighted by Gasteiger charge is 2.11. The van der Waals surface area contributed by atoms with Crippen LogP contribution in [0.25, 0.3) is 0 Å². The molecule has 0 atom stereocenters. The molecule has 0 saturated heterocycles. The van der Waals surface area contributed by atoms with Crippen molar-refractivity contribution in [3.63, 3.8) is 0 Å². The lowest BCUT2D eigenvalue weighted by Gasteiger charge is -2.13. The van der Waals surface area contributed by atoms with Crippen LogP contribution in [0, 0.1) is 17.4 Å². The van der Waals surface area contributed by atoms with Crippen molar-refractivity contribution in [3.8, 4) is 11.5 Å². The zero-order valence-electron chi connectivity index (χ0n) is 16.1. The summed E-state index contributed by atoms with van der Waals surface area (Å²) in [7, 11) is 0. The van der Waals surface area contributed by atoms with Gasteiger partial charge in [-0.25, -0.2) is 5.43 Å². The number of hydrazone groups is 1. The number of hydrogen-bond donors (Lipinski definition) is 1. The second-order valence-electron chi connectivity index (χ2n) is 6.10. The van der Waals surface area contributed by atoms with Crippen molar-refractivity contribution >= 4 is 34.7 Å². The number of carbonyl (C=O) groups excluding carboxylic acids is 1. The number of rotatable bonds is 8. The summed E-state index contributed by atoms with van der Waals surface area (Å²) in [6.07, 6.45) is 1.91. The second-order valence-corrected chi connectivity index (χ2v) is 7.26. The predicted molar refractivity (Wildman–Crippen MR) is 117 cm³/mol. The molecule has 27 heavy (non-hydrogen) atoms. The highest BCUT2D eigenvalue weighted by atomic mass is 127. The number of nitrogens with one attached hydrogen (secondary N) is 1. The first-order valence-corrected chi connectivity index (χ1v) is 9.99. The Hall–Kier alpha value is -2.09. The Kier molecular flexibility index (Phi) is 8.09. The second kappa shape index (κ2) is 10.3. The van der Waals surface area contributed by atoms with Crippen molar-refractivity contribution in [2.24, 2.45) is 5.10 Å². The van der Waals surface area contributed by atoms with Gasteiger partial charge in [-0.2, -0.15) is 5.10 Å². The molecule has 6 heteroatoms. The van der Waals surface area contributed by atoms with Crippen LogP contribution in [0.15, 0.2) is 35.4 Å². The van der Waals surface area contributed by atoms with Crippen LogP contribution in [0.3, 0.4) is 0 Å². The smallest absolute Gasteiger partial charge is 0.244 e. The molecule has 1 N–H and O–H groups in total. The van der Waals surface area contributed by atoms with Crippen molar-refractivity contribution in [1.29, 1.82) is 0 Å². The fraction of sp³-hybridized carbons (Fsp3) is 0.333. The van der Waals surface area contributed by atoms with Crippen LogP contribution in [0.1, 0.15) is 36.1 Å². The third-order valence-electron chi connectivity index (χ3n) is 3.87. The minimum Gasteiger partial charge on any atom is -0.490 e. The molecular weight excluding hydrogens is 455 g/mol. The van der Waals surface area contributed by atoms with E-state index >= 15 is 0 Å². The van der Waals surface area contributed by atoms with Crippen molar-refractivity contribution in [2.45, 2.75) is 34.1 Å². The van der Waals surface area contributed by atoms with Gasteiger partial charge < -0.3 is 9.47 Å². The fourth-order valence-electron chi connectivity index (χ4n) is 2.65. The molecule has 144 valence electrons. The SMILES string of the molecule is CCOc1cc(/C=N\NC(=O)Cc2ccc(C)cc2C)cc(I)c1OCC. The summed E-state index contributed by atoms with van der Waals surface area (Å²) in [5.41, 5.74) is 6.72. The molecule has 0 unspecified atom stereocenters. The number of halogens is 1. The van der Waals surface area contributed by atoms with Crippen LogP contribution >= 0.6 is 22.6 Å². The lowest BCUT2D eigenvalue weighted by Crippen LogP contribution is -2.20. The molecule has 0 heterocycles. The molecule has 5 nitrogen and oxygen atoms in total. The van der Waals surface area contributed by atoms with E-state index in [1.807, 2.05) is 52.0 Å². The van der Waals surface area contributed by atoms with Crippen LogP contribution in [0.2, 0.25) is 0 Å². The molecule has 0 saturated carbocycles. The first kappa shape index (κ1) is 21.2. The van der Waals surface area contributed by atoms with E-state index < -0.39 is 0 Å². The zero-order valence-corrected chi connectivity index (χ0v) is 18.3. The van der Waals surface area contributed by atoms with Gasteiger partial charge in [0.15, 0.2) is 11.5 Å². The van der Waals surface area contributed by atoms with E-state index in [0.29, 0.717) is 25.4 Å². The Bertz CT molecular complexity index is 834. The van der Waals surface area contributed by atoms with Crippen LogP contribution in [0.4, 0.5) is 0 Å². The van der Waals surface area contributed by atoms with Gasteiger partial charge in [-0.1, -0.05) is 23.8 Å². The van der Waals surface area contributed by atoms with Gasteiger partial charge in [0.05, 0.1) is 29.4 Å². The Labute approximate surface area is 174 Å². The standard InChI is InChI=1S/C21H25IN2O3/c1-5-26-19-11-16(10-18(22)21(19)27-6-2)13-23-24-20(25)12-17-8-7-14(3)9-15(17)4/h7-11,13H,5-6,12H2,1-4H3,(H,24,25)/b23-13-. The van der Waals surface area contributed by atoms with Gasteiger partial charge in [-0.05, 0) is 79.1 Å². The first-order valence-electron chi connectivity index (χ1n) is 8.91. The highest BCUT2D eigenvalue weighted by molar-refractivity contribution is 14.1. The number of ether oxygens (including phenoxy) is 2. The van der Waals surface area contributed by atoms with Crippen LogP contribution < -0.4 is 14.9 Å². The molecule has 0 spiro atoms. The van der Waals surface area contributed by atoms with E-state index in [4.69, 9.17) is 9.47 Å². The topological polar surface area (TPSA) is 59.9 Å². The van der Waals surface area contributed by atoms with E-state index in [9.17, 15) is 4.79 Å². The monoisotopic (exact) mass is 480 g/mol. The largest absolute Gasteiger partial charge is 0.490 e. The molecule has 0 bridgehead atoms. The number of nitrogens with zero attached hydrogens (tertiary/aromatic N) is 1. The summed E-state index contributed by atoms with van der Waals surface area (Å²) in [4.78, 5) is 12.1. The summed E-state index contributed by atoms with van der Waals surface area (Å²) in [5.74, 6) is 1.26. The highest BCUT2D eigenvalue weighted by Crippen LogP contribution is 2.33. The average Bonchev–Trinajstić information content (AvgIpc) is 2.61. The molecule has 0 fully saturated rings. The molecule has 0 aliphatic carbocycles. The average molecular weight is 480 g/mol. The minimum absolute atomic E-state index is 0.149. The normalized spacial score (nSPS) is 10.9. The van der Waals surface area contributed by atoms with E-state index in [2.05, 4.69) is 39.2 Å². The molecule has 0 aliphatic heterocycles. The Morgan fingerprint density at radius 1 is 1.15 bits per heavy atom. The van der Waals surface area contributed by atoms with E-state index in [0.717, 1.165) is 26.0 Å². The molecule has 2 rings (SSSR count). The Morgan fingerprint density at radius 3 is 2.56 bits per heavy atom. The molecule has 0 radical (unpaired) electrons. The van der Waals surface area contributed by atoms with Crippen molar-refractivity contribution in [2.75, 3.05) is 13.2 Å². The third kappa shape index (κ3) is 6.23.